The van der Waals surface area contributed by atoms with E-state index >= 15 is 0 Å². The molecule has 2 aliphatic carbocycles. The second-order valence-corrected chi connectivity index (χ2v) is 9.25. The fourth-order valence-corrected chi connectivity index (χ4v) is 5.22. The number of carbonyl (C=O) groups is 3. The number of benzene rings is 2. The standard InChI is InChI=1S/C26H28N2O5/c29-24(28-11-9-16(10-12-28)25(30)31)22-13-17(22)14-27-26(32)33-15-23-20-7-3-1-5-18(20)19-6-2-4-8-21(19)23/h1-8,16-17,22-23H,9-15H2,(H,27,32)(H,30,31)/t17-,22-/m1/s1. The number of carbonyl (C=O) groups excluding carboxylic acids is 2. The van der Waals surface area contributed by atoms with Crippen molar-refractivity contribution in [2.45, 2.75) is 25.2 Å². The number of nitrogens with one attached hydrogen (secondary N) is 1. The summed E-state index contributed by atoms with van der Waals surface area (Å²) in [6.45, 7) is 1.68. The molecule has 1 saturated carbocycles. The molecule has 1 heterocycles. The molecule has 2 amide bonds. The van der Waals surface area contributed by atoms with Crippen molar-refractivity contribution in [2.75, 3.05) is 26.2 Å². The zero-order valence-corrected chi connectivity index (χ0v) is 18.4. The molecule has 5 rings (SSSR count). The highest BCUT2D eigenvalue weighted by molar-refractivity contribution is 5.82. The van der Waals surface area contributed by atoms with Crippen LogP contribution >= 0.6 is 0 Å². The molecule has 3 aliphatic rings. The molecule has 7 nitrogen and oxygen atoms in total. The summed E-state index contributed by atoms with van der Waals surface area (Å²) in [6, 6.07) is 16.4. The fraction of sp³-hybridized carbons (Fsp3) is 0.423. The van der Waals surface area contributed by atoms with Gasteiger partial charge in [-0.15, -0.1) is 0 Å². The fourth-order valence-electron chi connectivity index (χ4n) is 5.22. The molecular formula is C26H28N2O5. The maximum Gasteiger partial charge on any atom is 0.407 e. The van der Waals surface area contributed by atoms with Crippen LogP contribution in [0.25, 0.3) is 11.1 Å². The highest BCUT2D eigenvalue weighted by Gasteiger charge is 2.45. The maximum atomic E-state index is 12.7. The number of likely N-dealkylation sites (tertiary alicyclic amines) is 1. The van der Waals surface area contributed by atoms with Gasteiger partial charge in [-0.3, -0.25) is 9.59 Å². The molecule has 2 N–H and O–H groups in total. The summed E-state index contributed by atoms with van der Waals surface area (Å²) >= 11 is 0. The van der Waals surface area contributed by atoms with E-state index in [2.05, 4.69) is 29.6 Å². The summed E-state index contributed by atoms with van der Waals surface area (Å²) in [7, 11) is 0. The van der Waals surface area contributed by atoms with Crippen LogP contribution in [0.15, 0.2) is 48.5 Å². The van der Waals surface area contributed by atoms with Crippen molar-refractivity contribution in [3.05, 3.63) is 59.7 Å². The number of piperidine rings is 1. The van der Waals surface area contributed by atoms with Crippen LogP contribution in [0.5, 0.6) is 0 Å². The third kappa shape index (κ3) is 4.32. The van der Waals surface area contributed by atoms with Crippen LogP contribution in [-0.2, 0) is 14.3 Å². The molecule has 0 radical (unpaired) electrons. The lowest BCUT2D eigenvalue weighted by Gasteiger charge is -2.30. The Morgan fingerprint density at radius 2 is 1.58 bits per heavy atom. The molecule has 2 aromatic rings. The van der Waals surface area contributed by atoms with Crippen LogP contribution < -0.4 is 5.32 Å². The topological polar surface area (TPSA) is 95.9 Å². The number of aliphatic carboxylic acids is 1. The number of hydrogen-bond donors (Lipinski definition) is 2. The second kappa shape index (κ2) is 8.89. The van der Waals surface area contributed by atoms with E-state index in [1.165, 1.54) is 22.3 Å². The van der Waals surface area contributed by atoms with Gasteiger partial charge < -0.3 is 20.1 Å². The van der Waals surface area contributed by atoms with Crippen molar-refractivity contribution in [1.29, 1.82) is 0 Å². The first kappa shape index (κ1) is 21.5. The summed E-state index contributed by atoms with van der Waals surface area (Å²) in [5.41, 5.74) is 4.72. The van der Waals surface area contributed by atoms with Crippen molar-refractivity contribution in [2.24, 2.45) is 17.8 Å². The van der Waals surface area contributed by atoms with E-state index in [-0.39, 0.29) is 36.2 Å². The third-order valence-electron chi connectivity index (χ3n) is 7.25. The number of amides is 2. The molecule has 0 spiro atoms. The molecule has 172 valence electrons. The Labute approximate surface area is 192 Å². The molecule has 1 saturated heterocycles. The van der Waals surface area contributed by atoms with Crippen molar-refractivity contribution >= 4 is 18.0 Å². The van der Waals surface area contributed by atoms with Crippen LogP contribution in [0.1, 0.15) is 36.3 Å². The number of carboxylic acid groups (broad SMARTS) is 1. The van der Waals surface area contributed by atoms with Crippen molar-refractivity contribution in [3.8, 4) is 11.1 Å². The first-order chi connectivity index (χ1) is 16.0. The van der Waals surface area contributed by atoms with E-state index in [1.54, 1.807) is 4.90 Å². The van der Waals surface area contributed by atoms with Gasteiger partial charge >= 0.3 is 12.1 Å². The van der Waals surface area contributed by atoms with Gasteiger partial charge in [-0.1, -0.05) is 48.5 Å². The minimum absolute atomic E-state index is 0.0205. The van der Waals surface area contributed by atoms with Crippen molar-refractivity contribution in [1.82, 2.24) is 10.2 Å². The lowest BCUT2D eigenvalue weighted by atomic mass is 9.97. The molecule has 1 aliphatic heterocycles. The monoisotopic (exact) mass is 448 g/mol. The van der Waals surface area contributed by atoms with Gasteiger partial charge in [0.15, 0.2) is 0 Å². The van der Waals surface area contributed by atoms with E-state index in [4.69, 9.17) is 9.84 Å². The van der Waals surface area contributed by atoms with Gasteiger partial charge in [-0.25, -0.2) is 4.79 Å². The van der Waals surface area contributed by atoms with Crippen LogP contribution in [0, 0.1) is 17.8 Å². The predicted octanol–water partition coefficient (Wildman–Crippen LogP) is 3.48. The largest absolute Gasteiger partial charge is 0.481 e. The number of ether oxygens (including phenoxy) is 1. The Bertz CT molecular complexity index is 1030. The summed E-state index contributed by atoms with van der Waals surface area (Å²) in [4.78, 5) is 37.9. The summed E-state index contributed by atoms with van der Waals surface area (Å²) < 4.78 is 5.56. The number of alkyl carbamates (subject to hydrolysis) is 1. The minimum atomic E-state index is -0.779. The minimum Gasteiger partial charge on any atom is -0.481 e. The van der Waals surface area contributed by atoms with Gasteiger partial charge in [0.05, 0.1) is 5.92 Å². The number of fused-ring (bicyclic) bond motifs is 3. The normalized spacial score (nSPS) is 21.8. The Hall–Kier alpha value is -3.35. The first-order valence-corrected chi connectivity index (χ1v) is 11.6. The average Bonchev–Trinajstić information content (AvgIpc) is 3.56. The third-order valence-corrected chi connectivity index (χ3v) is 7.25. The molecule has 2 fully saturated rings. The van der Waals surface area contributed by atoms with E-state index < -0.39 is 12.1 Å². The van der Waals surface area contributed by atoms with E-state index in [1.807, 2.05) is 24.3 Å². The highest BCUT2D eigenvalue weighted by Crippen LogP contribution is 2.44. The number of hydrogen-bond acceptors (Lipinski definition) is 4. The smallest absolute Gasteiger partial charge is 0.407 e. The van der Waals surface area contributed by atoms with Gasteiger partial charge in [0.25, 0.3) is 0 Å². The van der Waals surface area contributed by atoms with Crippen LogP contribution in [0.3, 0.4) is 0 Å². The Morgan fingerprint density at radius 1 is 0.970 bits per heavy atom. The zero-order valence-electron chi connectivity index (χ0n) is 18.4. The lowest BCUT2D eigenvalue weighted by molar-refractivity contribution is -0.146. The predicted molar refractivity (Wildman–Crippen MR) is 122 cm³/mol. The first-order valence-electron chi connectivity index (χ1n) is 11.6. The van der Waals surface area contributed by atoms with Crippen LogP contribution in [0.4, 0.5) is 4.79 Å². The van der Waals surface area contributed by atoms with E-state index in [0.717, 1.165) is 6.42 Å². The molecular weight excluding hydrogens is 420 g/mol. The number of carboxylic acids is 1. The number of nitrogens with zero attached hydrogens (tertiary/aromatic N) is 1. The lowest BCUT2D eigenvalue weighted by Crippen LogP contribution is -2.41. The van der Waals surface area contributed by atoms with Crippen LogP contribution in [0.2, 0.25) is 0 Å². The summed E-state index contributed by atoms with van der Waals surface area (Å²) in [6.07, 6.45) is 1.31. The SMILES string of the molecule is O=C(NC[C@H]1C[C@H]1C(=O)N1CCC(C(=O)O)CC1)OCC1c2ccccc2-c2ccccc21. The van der Waals surface area contributed by atoms with Crippen LogP contribution in [-0.4, -0.2) is 54.2 Å². The Morgan fingerprint density at radius 3 is 2.18 bits per heavy atom. The molecule has 0 aromatic heterocycles. The van der Waals surface area contributed by atoms with Gasteiger partial charge in [0.1, 0.15) is 6.61 Å². The Balaban J connectivity index is 1.08. The molecule has 0 bridgehead atoms. The van der Waals surface area contributed by atoms with Crippen molar-refractivity contribution in [3.63, 3.8) is 0 Å². The van der Waals surface area contributed by atoms with E-state index in [0.29, 0.717) is 32.5 Å². The zero-order chi connectivity index (χ0) is 22.9. The van der Waals surface area contributed by atoms with Gasteiger partial charge in [-0.2, -0.15) is 0 Å². The number of rotatable bonds is 6. The Kier molecular flexibility index (Phi) is 5.79. The van der Waals surface area contributed by atoms with E-state index in [9.17, 15) is 14.4 Å². The van der Waals surface area contributed by atoms with Gasteiger partial charge in [-0.05, 0) is 47.4 Å². The molecule has 33 heavy (non-hydrogen) atoms. The quantitative estimate of drug-likeness (QED) is 0.705. The molecule has 7 heteroatoms. The van der Waals surface area contributed by atoms with Gasteiger partial charge in [0, 0.05) is 31.5 Å². The average molecular weight is 449 g/mol. The molecule has 2 atom stereocenters. The maximum absolute atomic E-state index is 12.7. The van der Waals surface area contributed by atoms with Gasteiger partial charge in [0.2, 0.25) is 5.91 Å². The molecule has 2 aromatic carbocycles. The highest BCUT2D eigenvalue weighted by atomic mass is 16.5. The summed E-state index contributed by atoms with van der Waals surface area (Å²) in [5, 5.41) is 11.9. The second-order valence-electron chi connectivity index (χ2n) is 9.25. The van der Waals surface area contributed by atoms with Crippen molar-refractivity contribution < 1.29 is 24.2 Å². The molecule has 0 unspecified atom stereocenters. The summed E-state index contributed by atoms with van der Waals surface area (Å²) in [5.74, 6) is -0.987.